The number of thiazole rings is 1. The van der Waals surface area contributed by atoms with E-state index in [0.717, 1.165) is 15.4 Å². The highest BCUT2D eigenvalue weighted by Gasteiger charge is 2.03. The molecular formula is C11H8NO2S. The van der Waals surface area contributed by atoms with E-state index in [1.807, 2.05) is 30.3 Å². The Morgan fingerprint density at radius 2 is 2.13 bits per heavy atom. The van der Waals surface area contributed by atoms with Crippen molar-refractivity contribution < 1.29 is 9.53 Å². The summed E-state index contributed by atoms with van der Waals surface area (Å²) in [5.41, 5.74) is 1.07. The van der Waals surface area contributed by atoms with Gasteiger partial charge in [0.15, 0.2) is 0 Å². The SMILES string of the molecule is O=[C]OCc1cnc(-c2ccccc2)s1. The molecule has 0 N–H and O–H groups in total. The Hall–Kier alpha value is -1.68. The molecule has 0 bridgehead atoms. The highest BCUT2D eigenvalue weighted by Crippen LogP contribution is 2.24. The second kappa shape index (κ2) is 4.70. The number of aromatic nitrogens is 1. The fourth-order valence-corrected chi connectivity index (χ4v) is 2.02. The van der Waals surface area contributed by atoms with E-state index in [0.29, 0.717) is 0 Å². The lowest BCUT2D eigenvalue weighted by atomic mass is 10.2. The van der Waals surface area contributed by atoms with E-state index in [1.54, 1.807) is 6.20 Å². The predicted octanol–water partition coefficient (Wildman–Crippen LogP) is 2.39. The van der Waals surface area contributed by atoms with Crippen molar-refractivity contribution in [2.75, 3.05) is 0 Å². The lowest BCUT2D eigenvalue weighted by Crippen LogP contribution is -1.84. The number of carbonyl (C=O) groups excluding carboxylic acids is 1. The standard InChI is InChI=1S/C11H8NO2S/c13-8-14-7-10-6-12-11(15-10)9-4-2-1-3-5-9/h1-6H,7H2. The smallest absolute Gasteiger partial charge is 0.417 e. The molecule has 0 fully saturated rings. The van der Waals surface area contributed by atoms with Crippen LogP contribution < -0.4 is 0 Å². The van der Waals surface area contributed by atoms with Crippen LogP contribution in [0.25, 0.3) is 10.6 Å². The van der Waals surface area contributed by atoms with Gasteiger partial charge in [-0.05, 0) is 0 Å². The Morgan fingerprint density at radius 3 is 2.87 bits per heavy atom. The number of benzene rings is 1. The van der Waals surface area contributed by atoms with E-state index in [1.165, 1.54) is 17.8 Å². The summed E-state index contributed by atoms with van der Waals surface area (Å²) >= 11 is 1.51. The molecule has 75 valence electrons. The minimum absolute atomic E-state index is 0.244. The van der Waals surface area contributed by atoms with Crippen LogP contribution in [0, 0.1) is 0 Å². The Labute approximate surface area is 91.4 Å². The first kappa shape index (κ1) is 9.86. The topological polar surface area (TPSA) is 39.2 Å². The van der Waals surface area contributed by atoms with Gasteiger partial charge >= 0.3 is 6.47 Å². The van der Waals surface area contributed by atoms with Gasteiger partial charge in [0.25, 0.3) is 0 Å². The van der Waals surface area contributed by atoms with Crippen LogP contribution in [0.5, 0.6) is 0 Å². The van der Waals surface area contributed by atoms with Crippen molar-refractivity contribution in [3.05, 3.63) is 41.4 Å². The average molecular weight is 218 g/mol. The molecule has 15 heavy (non-hydrogen) atoms. The molecule has 0 unspecified atom stereocenters. The van der Waals surface area contributed by atoms with E-state index < -0.39 is 0 Å². The van der Waals surface area contributed by atoms with E-state index in [9.17, 15) is 4.79 Å². The van der Waals surface area contributed by atoms with Gasteiger partial charge in [0.05, 0.1) is 4.88 Å². The number of hydrogen-bond acceptors (Lipinski definition) is 4. The molecule has 1 aromatic carbocycles. The first-order chi connectivity index (χ1) is 7.40. The summed E-state index contributed by atoms with van der Waals surface area (Å²) in [5, 5.41) is 0.931. The van der Waals surface area contributed by atoms with Crippen molar-refractivity contribution >= 4 is 17.8 Å². The molecule has 2 rings (SSSR count). The zero-order chi connectivity index (χ0) is 10.5. The molecule has 2 aromatic rings. The summed E-state index contributed by atoms with van der Waals surface area (Å²) < 4.78 is 4.53. The highest BCUT2D eigenvalue weighted by atomic mass is 32.1. The van der Waals surface area contributed by atoms with Crippen LogP contribution in [0.4, 0.5) is 0 Å². The first-order valence-electron chi connectivity index (χ1n) is 4.39. The molecule has 1 aromatic heterocycles. The number of hydrogen-bond donors (Lipinski definition) is 0. The molecule has 1 heterocycles. The van der Waals surface area contributed by atoms with Gasteiger partial charge in [-0.15, -0.1) is 11.3 Å². The Kier molecular flexibility index (Phi) is 3.09. The molecule has 0 atom stereocenters. The van der Waals surface area contributed by atoms with Gasteiger partial charge in [-0.25, -0.2) is 9.78 Å². The summed E-state index contributed by atoms with van der Waals surface area (Å²) in [6.45, 7) is 1.64. The van der Waals surface area contributed by atoms with Crippen molar-refractivity contribution in [3.8, 4) is 10.6 Å². The third-order valence-electron chi connectivity index (χ3n) is 1.85. The van der Waals surface area contributed by atoms with E-state index in [4.69, 9.17) is 0 Å². The fraction of sp³-hybridized carbons (Fsp3) is 0.0909. The minimum atomic E-state index is 0.244. The van der Waals surface area contributed by atoms with Crippen molar-refractivity contribution in [3.63, 3.8) is 0 Å². The lowest BCUT2D eigenvalue weighted by molar-refractivity contribution is 0.270. The van der Waals surface area contributed by atoms with Crippen LogP contribution in [0.15, 0.2) is 36.5 Å². The Balaban J connectivity index is 2.17. The normalized spacial score (nSPS) is 9.87. The van der Waals surface area contributed by atoms with Crippen LogP contribution >= 0.6 is 11.3 Å². The van der Waals surface area contributed by atoms with Crippen molar-refractivity contribution in [1.82, 2.24) is 4.98 Å². The second-order valence-corrected chi connectivity index (χ2v) is 3.98. The fourth-order valence-electron chi connectivity index (χ4n) is 1.19. The average Bonchev–Trinajstić information content (AvgIpc) is 2.76. The molecule has 0 amide bonds. The van der Waals surface area contributed by atoms with E-state index in [2.05, 4.69) is 9.72 Å². The van der Waals surface area contributed by atoms with Crippen LogP contribution in [0.1, 0.15) is 4.88 Å². The molecule has 1 radical (unpaired) electrons. The third-order valence-corrected chi connectivity index (χ3v) is 2.87. The molecule has 3 nitrogen and oxygen atoms in total. The van der Waals surface area contributed by atoms with Crippen LogP contribution in [-0.2, 0) is 16.1 Å². The van der Waals surface area contributed by atoms with Gasteiger partial charge in [-0.2, -0.15) is 0 Å². The van der Waals surface area contributed by atoms with E-state index in [-0.39, 0.29) is 6.61 Å². The summed E-state index contributed by atoms with van der Waals surface area (Å²) in [6, 6.07) is 9.88. The van der Waals surface area contributed by atoms with Gasteiger partial charge < -0.3 is 4.74 Å². The monoisotopic (exact) mass is 218 g/mol. The molecule has 0 aliphatic carbocycles. The van der Waals surface area contributed by atoms with Gasteiger partial charge in [-0.3, -0.25) is 0 Å². The maximum atomic E-state index is 9.89. The Morgan fingerprint density at radius 1 is 1.33 bits per heavy atom. The summed E-state index contributed by atoms with van der Waals surface area (Å²) in [7, 11) is 0. The second-order valence-electron chi connectivity index (χ2n) is 2.87. The number of nitrogens with zero attached hydrogens (tertiary/aromatic N) is 1. The van der Waals surface area contributed by atoms with Gasteiger partial charge in [0.2, 0.25) is 0 Å². The third kappa shape index (κ3) is 2.41. The maximum absolute atomic E-state index is 9.89. The number of rotatable bonds is 4. The maximum Gasteiger partial charge on any atom is 0.417 e. The van der Waals surface area contributed by atoms with Crippen LogP contribution in [0.3, 0.4) is 0 Å². The molecule has 0 saturated carbocycles. The molecule has 0 saturated heterocycles. The largest absolute Gasteiger partial charge is 0.451 e. The van der Waals surface area contributed by atoms with Gasteiger partial charge in [0, 0.05) is 11.8 Å². The number of ether oxygens (including phenoxy) is 1. The summed E-state index contributed by atoms with van der Waals surface area (Å²) in [4.78, 5) is 15.1. The van der Waals surface area contributed by atoms with E-state index >= 15 is 0 Å². The van der Waals surface area contributed by atoms with Crippen LogP contribution in [-0.4, -0.2) is 11.5 Å². The van der Waals surface area contributed by atoms with Gasteiger partial charge in [0.1, 0.15) is 11.6 Å². The van der Waals surface area contributed by atoms with Crippen molar-refractivity contribution in [2.45, 2.75) is 6.61 Å². The first-order valence-corrected chi connectivity index (χ1v) is 5.21. The van der Waals surface area contributed by atoms with Crippen molar-refractivity contribution in [1.29, 1.82) is 0 Å². The molecule has 0 aliphatic heterocycles. The molecule has 4 heteroatoms. The molecule has 0 aliphatic rings. The summed E-state index contributed by atoms with van der Waals surface area (Å²) in [6.07, 6.45) is 1.71. The highest BCUT2D eigenvalue weighted by molar-refractivity contribution is 7.15. The van der Waals surface area contributed by atoms with Crippen molar-refractivity contribution in [2.24, 2.45) is 0 Å². The predicted molar refractivity (Wildman–Crippen MR) is 58.0 cm³/mol. The Bertz CT molecular complexity index is 439. The zero-order valence-electron chi connectivity index (χ0n) is 7.84. The van der Waals surface area contributed by atoms with Crippen LogP contribution in [0.2, 0.25) is 0 Å². The molecule has 0 spiro atoms. The minimum Gasteiger partial charge on any atom is -0.451 e. The quantitative estimate of drug-likeness (QED) is 0.791. The lowest BCUT2D eigenvalue weighted by Gasteiger charge is -1.93. The zero-order valence-corrected chi connectivity index (χ0v) is 8.66. The van der Waals surface area contributed by atoms with Gasteiger partial charge in [-0.1, -0.05) is 30.3 Å². The molecular weight excluding hydrogens is 210 g/mol. The summed E-state index contributed by atoms with van der Waals surface area (Å²) in [5.74, 6) is 0.